The molecule has 0 aliphatic carbocycles. The summed E-state index contributed by atoms with van der Waals surface area (Å²) in [6, 6.07) is 6.16. The van der Waals surface area contributed by atoms with E-state index < -0.39 is 0 Å². The summed E-state index contributed by atoms with van der Waals surface area (Å²) >= 11 is 1.56. The third-order valence-corrected chi connectivity index (χ3v) is 6.02. The summed E-state index contributed by atoms with van der Waals surface area (Å²) in [5.74, 6) is 1.47. The summed E-state index contributed by atoms with van der Waals surface area (Å²) < 4.78 is 0. The molecule has 2 N–H and O–H groups in total. The van der Waals surface area contributed by atoms with Crippen molar-refractivity contribution in [1.82, 2.24) is 20.8 Å². The zero-order valence-electron chi connectivity index (χ0n) is 14.1. The van der Waals surface area contributed by atoms with Gasteiger partial charge in [-0.1, -0.05) is 0 Å². The molecule has 0 saturated carbocycles. The monoisotopic (exact) mass is 357 g/mol. The second-order valence-electron chi connectivity index (χ2n) is 6.72. The Morgan fingerprint density at radius 2 is 2.16 bits per heavy atom. The van der Waals surface area contributed by atoms with E-state index in [1.165, 1.54) is 5.56 Å². The van der Waals surface area contributed by atoms with Crippen LogP contribution in [0.15, 0.2) is 29.8 Å². The molecule has 2 fully saturated rings. The molecule has 2 aromatic heterocycles. The Bertz CT molecular complexity index is 713. The summed E-state index contributed by atoms with van der Waals surface area (Å²) in [4.78, 5) is 15.9. The number of thiophene rings is 1. The first-order valence-electron chi connectivity index (χ1n) is 8.93. The number of hydrogen-bond donors (Lipinski definition) is 2. The molecule has 2 aliphatic heterocycles. The lowest BCUT2D eigenvalue weighted by Crippen LogP contribution is -2.37. The van der Waals surface area contributed by atoms with Crippen LogP contribution in [0.3, 0.4) is 0 Å². The first-order chi connectivity index (χ1) is 12.3. The Kier molecular flexibility index (Phi) is 4.94. The molecule has 2 aliphatic rings. The molecule has 0 spiro atoms. The van der Waals surface area contributed by atoms with Gasteiger partial charge < -0.3 is 15.5 Å². The number of aromatic nitrogens is 2. The number of piperidine rings is 1. The van der Waals surface area contributed by atoms with Gasteiger partial charge in [0.25, 0.3) is 5.91 Å². The number of hydrogen-bond acceptors (Lipinski definition) is 6. The van der Waals surface area contributed by atoms with E-state index in [4.69, 9.17) is 0 Å². The molecule has 25 heavy (non-hydrogen) atoms. The van der Waals surface area contributed by atoms with Gasteiger partial charge in [-0.25, -0.2) is 0 Å². The van der Waals surface area contributed by atoms with Crippen LogP contribution in [0.25, 0.3) is 0 Å². The van der Waals surface area contributed by atoms with Crippen LogP contribution in [0.5, 0.6) is 0 Å². The first kappa shape index (κ1) is 16.5. The zero-order valence-corrected chi connectivity index (χ0v) is 15.0. The summed E-state index contributed by atoms with van der Waals surface area (Å²) in [5.41, 5.74) is 1.23. The largest absolute Gasteiger partial charge is 0.353 e. The van der Waals surface area contributed by atoms with Gasteiger partial charge in [0.15, 0.2) is 5.82 Å². The van der Waals surface area contributed by atoms with Crippen LogP contribution in [0.1, 0.15) is 40.4 Å². The van der Waals surface area contributed by atoms with E-state index in [0.29, 0.717) is 5.92 Å². The highest BCUT2D eigenvalue weighted by Gasteiger charge is 2.28. The fraction of sp³-hybridized carbons (Fsp3) is 0.500. The maximum absolute atomic E-state index is 12.8. The van der Waals surface area contributed by atoms with Gasteiger partial charge in [0.05, 0.1) is 4.88 Å². The van der Waals surface area contributed by atoms with E-state index in [9.17, 15) is 4.79 Å². The molecule has 4 heterocycles. The van der Waals surface area contributed by atoms with Crippen molar-refractivity contribution in [3.63, 3.8) is 0 Å². The molecular formula is C18H23N5OS. The van der Waals surface area contributed by atoms with Crippen molar-refractivity contribution in [2.45, 2.75) is 31.2 Å². The van der Waals surface area contributed by atoms with Crippen LogP contribution in [0.2, 0.25) is 0 Å². The Labute approximate surface area is 151 Å². The summed E-state index contributed by atoms with van der Waals surface area (Å²) in [6.45, 7) is 3.77. The average Bonchev–Trinajstić information content (AvgIpc) is 3.33. The molecule has 1 unspecified atom stereocenters. The topological polar surface area (TPSA) is 70.2 Å². The fourth-order valence-corrected chi connectivity index (χ4v) is 4.64. The van der Waals surface area contributed by atoms with E-state index >= 15 is 0 Å². The molecule has 0 bridgehead atoms. The van der Waals surface area contributed by atoms with Gasteiger partial charge in [-0.05, 0) is 67.4 Å². The lowest BCUT2D eigenvalue weighted by atomic mass is 9.90. The van der Waals surface area contributed by atoms with Crippen molar-refractivity contribution in [1.29, 1.82) is 0 Å². The van der Waals surface area contributed by atoms with Crippen LogP contribution in [0.4, 0.5) is 5.82 Å². The number of nitrogens with one attached hydrogen (secondary N) is 2. The van der Waals surface area contributed by atoms with Crippen molar-refractivity contribution in [3.8, 4) is 0 Å². The highest BCUT2D eigenvalue weighted by molar-refractivity contribution is 7.12. The Balaban J connectivity index is 1.39. The lowest BCUT2D eigenvalue weighted by Gasteiger charge is -2.23. The van der Waals surface area contributed by atoms with Crippen LogP contribution < -0.4 is 15.5 Å². The SMILES string of the molecule is O=C(NC1CCN(c2cccnn2)C1)c1sccc1C1CCNCC1. The van der Waals surface area contributed by atoms with Gasteiger partial charge in [-0.15, -0.1) is 16.4 Å². The van der Waals surface area contributed by atoms with Gasteiger partial charge in [0, 0.05) is 25.3 Å². The van der Waals surface area contributed by atoms with E-state index in [1.807, 2.05) is 17.5 Å². The second kappa shape index (κ2) is 7.49. The lowest BCUT2D eigenvalue weighted by molar-refractivity contribution is 0.0943. The highest BCUT2D eigenvalue weighted by atomic mass is 32.1. The van der Waals surface area contributed by atoms with Crippen molar-refractivity contribution >= 4 is 23.1 Å². The smallest absolute Gasteiger partial charge is 0.261 e. The predicted molar refractivity (Wildman–Crippen MR) is 99.3 cm³/mol. The second-order valence-corrected chi connectivity index (χ2v) is 7.63. The van der Waals surface area contributed by atoms with Crippen LogP contribution in [-0.4, -0.2) is 48.3 Å². The van der Waals surface area contributed by atoms with Gasteiger partial charge in [0.1, 0.15) is 0 Å². The Morgan fingerprint density at radius 1 is 1.28 bits per heavy atom. The maximum Gasteiger partial charge on any atom is 0.261 e. The van der Waals surface area contributed by atoms with Crippen molar-refractivity contribution < 1.29 is 4.79 Å². The van der Waals surface area contributed by atoms with E-state index in [2.05, 4.69) is 31.8 Å². The number of rotatable bonds is 4. The number of nitrogens with zero attached hydrogens (tertiary/aromatic N) is 3. The number of carbonyl (C=O) groups is 1. The number of amides is 1. The first-order valence-corrected chi connectivity index (χ1v) is 9.81. The highest BCUT2D eigenvalue weighted by Crippen LogP contribution is 2.31. The number of anilines is 1. The summed E-state index contributed by atoms with van der Waals surface area (Å²) in [5, 5.41) is 16.8. The van der Waals surface area contributed by atoms with Crippen molar-refractivity contribution in [3.05, 3.63) is 40.2 Å². The third kappa shape index (κ3) is 3.67. The quantitative estimate of drug-likeness (QED) is 0.876. The molecule has 4 rings (SSSR count). The molecule has 0 aromatic carbocycles. The van der Waals surface area contributed by atoms with E-state index in [1.54, 1.807) is 17.5 Å². The average molecular weight is 357 g/mol. The van der Waals surface area contributed by atoms with E-state index in [0.717, 1.165) is 56.1 Å². The molecule has 132 valence electrons. The van der Waals surface area contributed by atoms with Crippen molar-refractivity contribution in [2.75, 3.05) is 31.1 Å². The minimum atomic E-state index is 0.0783. The van der Waals surface area contributed by atoms with Gasteiger partial charge >= 0.3 is 0 Å². The minimum Gasteiger partial charge on any atom is -0.353 e. The van der Waals surface area contributed by atoms with E-state index in [-0.39, 0.29) is 11.9 Å². The molecule has 0 radical (unpaired) electrons. The van der Waals surface area contributed by atoms with Gasteiger partial charge in [-0.3, -0.25) is 4.79 Å². The van der Waals surface area contributed by atoms with Crippen LogP contribution in [0, 0.1) is 0 Å². The normalized spacial score (nSPS) is 21.4. The zero-order chi connectivity index (χ0) is 17.1. The third-order valence-electron chi connectivity index (χ3n) is 5.09. The Hall–Kier alpha value is -1.99. The molecule has 1 amide bonds. The van der Waals surface area contributed by atoms with Crippen LogP contribution in [-0.2, 0) is 0 Å². The van der Waals surface area contributed by atoms with Crippen LogP contribution >= 0.6 is 11.3 Å². The van der Waals surface area contributed by atoms with Gasteiger partial charge in [0.2, 0.25) is 0 Å². The molecule has 1 atom stereocenters. The maximum atomic E-state index is 12.8. The molecule has 6 nitrogen and oxygen atoms in total. The molecular weight excluding hydrogens is 334 g/mol. The number of carbonyl (C=O) groups excluding carboxylic acids is 1. The van der Waals surface area contributed by atoms with Crippen molar-refractivity contribution in [2.24, 2.45) is 0 Å². The Morgan fingerprint density at radius 3 is 2.96 bits per heavy atom. The summed E-state index contributed by atoms with van der Waals surface area (Å²) in [6.07, 6.45) is 4.84. The minimum absolute atomic E-state index is 0.0783. The van der Waals surface area contributed by atoms with Gasteiger partial charge in [-0.2, -0.15) is 5.10 Å². The molecule has 2 saturated heterocycles. The predicted octanol–water partition coefficient (Wildman–Crippen LogP) is 2.01. The summed E-state index contributed by atoms with van der Waals surface area (Å²) in [7, 11) is 0. The molecule has 7 heteroatoms. The standard InChI is InChI=1S/C18H23N5OS/c24-18(17-15(6-11-25-17)13-3-8-19-9-4-13)21-14-5-10-23(12-14)16-2-1-7-20-22-16/h1-2,6-7,11,13-14,19H,3-5,8-10,12H2,(H,21,24). The fourth-order valence-electron chi connectivity index (χ4n) is 3.76. The molecule has 2 aromatic rings.